The molecule has 1 saturated carbocycles. The van der Waals surface area contributed by atoms with Gasteiger partial charge in [0.2, 0.25) is 11.7 Å². The summed E-state index contributed by atoms with van der Waals surface area (Å²) >= 11 is 0. The smallest absolute Gasteiger partial charge is 0.227 e. The van der Waals surface area contributed by atoms with E-state index in [1.165, 1.54) is 31.4 Å². The second kappa shape index (κ2) is 5.93. The van der Waals surface area contributed by atoms with Crippen LogP contribution in [0.1, 0.15) is 38.0 Å². The zero-order valence-corrected chi connectivity index (χ0v) is 12.0. The minimum Gasteiger partial charge on any atom is -0.339 e. The molecule has 2 aromatic rings. The standard InChI is InChI=1S/C16H20FN3O/c17-13-6-4-12(5-7-13)15-19-14(21-20-15)10-16(11-18)8-2-1-3-9-16/h4-7H,1-3,8-11,18H2. The van der Waals surface area contributed by atoms with Crippen LogP contribution in [0, 0.1) is 11.2 Å². The van der Waals surface area contributed by atoms with Crippen LogP contribution in [-0.2, 0) is 6.42 Å². The lowest BCUT2D eigenvalue weighted by molar-refractivity contribution is 0.177. The molecule has 5 heteroatoms. The summed E-state index contributed by atoms with van der Waals surface area (Å²) in [5.41, 5.74) is 6.85. The van der Waals surface area contributed by atoms with E-state index in [0.29, 0.717) is 18.3 Å². The van der Waals surface area contributed by atoms with Crippen molar-refractivity contribution in [3.05, 3.63) is 36.0 Å². The van der Waals surface area contributed by atoms with Crippen LogP contribution in [0.4, 0.5) is 4.39 Å². The molecule has 3 rings (SSSR count). The fourth-order valence-corrected chi connectivity index (χ4v) is 3.12. The fraction of sp³-hybridized carbons (Fsp3) is 0.500. The van der Waals surface area contributed by atoms with Crippen LogP contribution in [0.25, 0.3) is 11.4 Å². The van der Waals surface area contributed by atoms with Crippen molar-refractivity contribution in [1.82, 2.24) is 10.1 Å². The Morgan fingerprint density at radius 1 is 1.14 bits per heavy atom. The van der Waals surface area contributed by atoms with E-state index >= 15 is 0 Å². The first-order valence-electron chi connectivity index (χ1n) is 7.49. The Morgan fingerprint density at radius 3 is 2.52 bits per heavy atom. The number of nitrogens with zero attached hydrogens (tertiary/aromatic N) is 2. The third-order valence-electron chi connectivity index (χ3n) is 4.44. The van der Waals surface area contributed by atoms with Gasteiger partial charge in [-0.1, -0.05) is 24.4 Å². The van der Waals surface area contributed by atoms with Crippen LogP contribution < -0.4 is 5.73 Å². The van der Waals surface area contributed by atoms with Gasteiger partial charge >= 0.3 is 0 Å². The highest BCUT2D eigenvalue weighted by Crippen LogP contribution is 2.38. The van der Waals surface area contributed by atoms with E-state index in [4.69, 9.17) is 10.3 Å². The molecule has 2 N–H and O–H groups in total. The van der Waals surface area contributed by atoms with Crippen LogP contribution in [0.2, 0.25) is 0 Å². The van der Waals surface area contributed by atoms with Gasteiger partial charge in [0, 0.05) is 12.0 Å². The van der Waals surface area contributed by atoms with E-state index in [1.807, 2.05) is 0 Å². The van der Waals surface area contributed by atoms with Crippen LogP contribution in [0.15, 0.2) is 28.8 Å². The zero-order valence-electron chi connectivity index (χ0n) is 12.0. The predicted molar refractivity (Wildman–Crippen MR) is 78.0 cm³/mol. The zero-order chi connectivity index (χ0) is 14.7. The largest absolute Gasteiger partial charge is 0.339 e. The molecule has 0 unspecified atom stereocenters. The average Bonchev–Trinajstić information content (AvgIpc) is 2.97. The lowest BCUT2D eigenvalue weighted by atomic mass is 9.72. The maximum Gasteiger partial charge on any atom is 0.227 e. The topological polar surface area (TPSA) is 64.9 Å². The van der Waals surface area contributed by atoms with E-state index < -0.39 is 0 Å². The van der Waals surface area contributed by atoms with Crippen LogP contribution in [0.5, 0.6) is 0 Å². The monoisotopic (exact) mass is 289 g/mol. The molecule has 0 bridgehead atoms. The Kier molecular flexibility index (Phi) is 4.01. The number of benzene rings is 1. The number of rotatable bonds is 4. The minimum absolute atomic E-state index is 0.102. The number of halogens is 1. The maximum absolute atomic E-state index is 12.9. The van der Waals surface area contributed by atoms with Crippen LogP contribution in [0.3, 0.4) is 0 Å². The average molecular weight is 289 g/mol. The lowest BCUT2D eigenvalue weighted by Crippen LogP contribution is -2.35. The van der Waals surface area contributed by atoms with E-state index in [9.17, 15) is 4.39 Å². The molecule has 0 saturated heterocycles. The third kappa shape index (κ3) is 3.13. The molecular weight excluding hydrogens is 269 g/mol. The Hall–Kier alpha value is -1.75. The number of hydrogen-bond donors (Lipinski definition) is 1. The van der Waals surface area contributed by atoms with Gasteiger partial charge in [-0.25, -0.2) is 4.39 Å². The van der Waals surface area contributed by atoms with Gasteiger partial charge in [-0.3, -0.25) is 0 Å². The van der Waals surface area contributed by atoms with Crippen molar-refractivity contribution in [3.8, 4) is 11.4 Å². The Labute approximate surface area is 123 Å². The summed E-state index contributed by atoms with van der Waals surface area (Å²) in [5.74, 6) is 0.862. The molecule has 1 heterocycles. The summed E-state index contributed by atoms with van der Waals surface area (Å²) < 4.78 is 18.3. The maximum atomic E-state index is 12.9. The van der Waals surface area contributed by atoms with Crippen molar-refractivity contribution >= 4 is 0 Å². The highest BCUT2D eigenvalue weighted by molar-refractivity contribution is 5.53. The van der Waals surface area contributed by atoms with Crippen molar-refractivity contribution in [2.24, 2.45) is 11.1 Å². The van der Waals surface area contributed by atoms with Crippen molar-refractivity contribution in [3.63, 3.8) is 0 Å². The number of hydrogen-bond acceptors (Lipinski definition) is 4. The highest BCUT2D eigenvalue weighted by atomic mass is 19.1. The molecule has 112 valence electrons. The molecule has 1 fully saturated rings. The molecule has 0 aliphatic heterocycles. The molecule has 0 radical (unpaired) electrons. The molecule has 0 spiro atoms. The minimum atomic E-state index is -0.272. The second-order valence-corrected chi connectivity index (χ2v) is 5.96. The first kappa shape index (κ1) is 14.2. The molecule has 0 atom stereocenters. The molecular formula is C16H20FN3O. The quantitative estimate of drug-likeness (QED) is 0.937. The Morgan fingerprint density at radius 2 is 1.86 bits per heavy atom. The van der Waals surface area contributed by atoms with Gasteiger partial charge < -0.3 is 10.3 Å². The molecule has 1 aromatic carbocycles. The second-order valence-electron chi connectivity index (χ2n) is 5.96. The van der Waals surface area contributed by atoms with Gasteiger partial charge in [-0.15, -0.1) is 0 Å². The number of nitrogens with two attached hydrogens (primary N) is 1. The van der Waals surface area contributed by atoms with Crippen LogP contribution >= 0.6 is 0 Å². The van der Waals surface area contributed by atoms with Crippen LogP contribution in [-0.4, -0.2) is 16.7 Å². The summed E-state index contributed by atoms with van der Waals surface area (Å²) in [5, 5.41) is 4.00. The first-order valence-corrected chi connectivity index (χ1v) is 7.49. The lowest BCUT2D eigenvalue weighted by Gasteiger charge is -2.34. The van der Waals surface area contributed by atoms with Gasteiger partial charge in [0.1, 0.15) is 5.82 Å². The molecule has 0 amide bonds. The van der Waals surface area contributed by atoms with Crippen molar-refractivity contribution in [2.75, 3.05) is 6.54 Å². The molecule has 1 aromatic heterocycles. The van der Waals surface area contributed by atoms with Crippen molar-refractivity contribution in [2.45, 2.75) is 38.5 Å². The SMILES string of the molecule is NCC1(Cc2nc(-c3ccc(F)cc3)no2)CCCCC1. The predicted octanol–water partition coefficient (Wildman–Crippen LogP) is 3.33. The normalized spacial score (nSPS) is 17.8. The Bertz CT molecular complexity index is 588. The molecule has 1 aliphatic rings. The number of aromatic nitrogens is 2. The fourth-order valence-electron chi connectivity index (χ4n) is 3.12. The van der Waals surface area contributed by atoms with Gasteiger partial charge in [0.15, 0.2) is 0 Å². The van der Waals surface area contributed by atoms with E-state index in [1.54, 1.807) is 12.1 Å². The summed E-state index contributed by atoms with van der Waals surface area (Å²) in [6.45, 7) is 0.654. The summed E-state index contributed by atoms with van der Waals surface area (Å²) in [6, 6.07) is 6.11. The molecule has 21 heavy (non-hydrogen) atoms. The van der Waals surface area contributed by atoms with Gasteiger partial charge in [0.05, 0.1) is 0 Å². The van der Waals surface area contributed by atoms with Gasteiger partial charge in [-0.2, -0.15) is 4.98 Å². The van der Waals surface area contributed by atoms with E-state index in [0.717, 1.165) is 24.8 Å². The van der Waals surface area contributed by atoms with Crippen molar-refractivity contribution < 1.29 is 8.91 Å². The summed E-state index contributed by atoms with van der Waals surface area (Å²) in [7, 11) is 0. The summed E-state index contributed by atoms with van der Waals surface area (Å²) in [4.78, 5) is 4.44. The van der Waals surface area contributed by atoms with E-state index in [-0.39, 0.29) is 11.2 Å². The summed E-state index contributed by atoms with van der Waals surface area (Å²) in [6.07, 6.45) is 6.70. The van der Waals surface area contributed by atoms with Crippen molar-refractivity contribution in [1.29, 1.82) is 0 Å². The highest BCUT2D eigenvalue weighted by Gasteiger charge is 2.32. The first-order chi connectivity index (χ1) is 10.2. The molecule has 4 nitrogen and oxygen atoms in total. The molecule has 1 aliphatic carbocycles. The van der Waals surface area contributed by atoms with Gasteiger partial charge in [-0.05, 0) is 49.1 Å². The van der Waals surface area contributed by atoms with E-state index in [2.05, 4.69) is 10.1 Å². The third-order valence-corrected chi connectivity index (χ3v) is 4.44. The van der Waals surface area contributed by atoms with Gasteiger partial charge in [0.25, 0.3) is 0 Å². The Balaban J connectivity index is 1.76.